The highest BCUT2D eigenvalue weighted by atomic mass is 32.2. The van der Waals surface area contributed by atoms with Gasteiger partial charge in [0.2, 0.25) is 5.91 Å². The molecule has 0 radical (unpaired) electrons. The lowest BCUT2D eigenvalue weighted by atomic mass is 9.68. The number of carbonyl (C=O) groups excluding carboxylic acids is 1. The highest BCUT2D eigenvalue weighted by Crippen LogP contribution is 2.42. The third kappa shape index (κ3) is 3.63. The smallest absolute Gasteiger partial charge is 0.237 e. The van der Waals surface area contributed by atoms with Crippen molar-refractivity contribution in [2.75, 3.05) is 6.54 Å². The number of nitrogens with two attached hydrogens (primary N) is 1. The van der Waals surface area contributed by atoms with Crippen molar-refractivity contribution in [1.29, 1.82) is 0 Å². The van der Waals surface area contributed by atoms with Gasteiger partial charge in [0.05, 0.1) is 0 Å². The maximum Gasteiger partial charge on any atom is 0.237 e. The lowest BCUT2D eigenvalue weighted by Crippen LogP contribution is -2.62. The first-order valence-corrected chi connectivity index (χ1v) is 9.99. The molecule has 2 aromatic rings. The van der Waals surface area contributed by atoms with E-state index >= 15 is 0 Å². The lowest BCUT2D eigenvalue weighted by molar-refractivity contribution is -0.133. The van der Waals surface area contributed by atoms with Crippen LogP contribution in [-0.2, 0) is 4.79 Å². The number of carbonyl (C=O) groups is 1. The van der Waals surface area contributed by atoms with Gasteiger partial charge in [-0.3, -0.25) is 15.2 Å². The number of nitrogens with one attached hydrogen (secondary N) is 2. The van der Waals surface area contributed by atoms with Crippen molar-refractivity contribution in [1.82, 2.24) is 15.8 Å². The fourth-order valence-corrected chi connectivity index (χ4v) is 5.09. The van der Waals surface area contributed by atoms with E-state index in [0.29, 0.717) is 12.5 Å². The molecule has 2 fully saturated rings. The van der Waals surface area contributed by atoms with Crippen LogP contribution in [0.2, 0.25) is 0 Å². The maximum atomic E-state index is 12.2. The summed E-state index contributed by atoms with van der Waals surface area (Å²) in [5.74, 6) is 0.917. The Kier molecular flexibility index (Phi) is 5.24. The number of rotatable bonds is 4. The monoisotopic (exact) mass is 368 g/mol. The molecule has 1 aromatic heterocycles. The van der Waals surface area contributed by atoms with Gasteiger partial charge >= 0.3 is 0 Å². The molecule has 1 aliphatic carbocycles. The molecule has 1 saturated heterocycles. The second kappa shape index (κ2) is 7.78. The number of benzene rings is 1. The Bertz CT molecular complexity index is 769. The van der Waals surface area contributed by atoms with Crippen LogP contribution in [0.15, 0.2) is 58.6 Å². The molecule has 1 aliphatic heterocycles. The van der Waals surface area contributed by atoms with Crippen molar-refractivity contribution in [3.05, 3.63) is 54.4 Å². The van der Waals surface area contributed by atoms with E-state index in [9.17, 15) is 4.79 Å². The molecule has 1 aromatic carbocycles. The van der Waals surface area contributed by atoms with Gasteiger partial charge in [-0.05, 0) is 54.9 Å². The van der Waals surface area contributed by atoms with Crippen molar-refractivity contribution in [3.8, 4) is 0 Å². The number of fused-ring (bicyclic) bond motifs is 1. The van der Waals surface area contributed by atoms with Gasteiger partial charge in [0.25, 0.3) is 0 Å². The summed E-state index contributed by atoms with van der Waals surface area (Å²) in [7, 11) is 0. The van der Waals surface area contributed by atoms with E-state index in [-0.39, 0.29) is 23.8 Å². The molecule has 0 spiro atoms. The highest BCUT2D eigenvalue weighted by molar-refractivity contribution is 7.99. The molecule has 4 rings (SSSR count). The second-order valence-electron chi connectivity index (χ2n) is 7.13. The third-order valence-corrected chi connectivity index (χ3v) is 6.54. The van der Waals surface area contributed by atoms with E-state index < -0.39 is 0 Å². The molecule has 2 aliphatic rings. The van der Waals surface area contributed by atoms with Crippen molar-refractivity contribution in [3.63, 3.8) is 0 Å². The van der Waals surface area contributed by atoms with Crippen molar-refractivity contribution in [2.45, 2.75) is 41.0 Å². The molecule has 4 unspecified atom stereocenters. The van der Waals surface area contributed by atoms with Gasteiger partial charge in [0.15, 0.2) is 0 Å². The summed E-state index contributed by atoms with van der Waals surface area (Å²) < 4.78 is 0. The number of aromatic nitrogens is 1. The van der Waals surface area contributed by atoms with Crippen LogP contribution in [0.25, 0.3) is 0 Å². The number of nitrogens with zero attached hydrogens (tertiary/aromatic N) is 1. The quantitative estimate of drug-likeness (QED) is 0.773. The topological polar surface area (TPSA) is 80.0 Å². The Morgan fingerprint density at radius 2 is 2.00 bits per heavy atom. The number of hydrogen-bond donors (Lipinski definition) is 3. The Morgan fingerprint density at radius 1 is 1.15 bits per heavy atom. The first-order valence-electron chi connectivity index (χ1n) is 9.18. The number of amides is 1. The number of hydrogen-bond acceptors (Lipinski definition) is 5. The Balaban J connectivity index is 1.51. The molecule has 26 heavy (non-hydrogen) atoms. The molecule has 0 bridgehead atoms. The van der Waals surface area contributed by atoms with Crippen molar-refractivity contribution in [2.24, 2.45) is 17.6 Å². The molecule has 136 valence electrons. The van der Waals surface area contributed by atoms with Crippen LogP contribution >= 0.6 is 11.8 Å². The molecule has 4 N–H and O–H groups in total. The lowest BCUT2D eigenvalue weighted by Gasteiger charge is -2.43. The summed E-state index contributed by atoms with van der Waals surface area (Å²) in [5, 5.41) is 0. The summed E-state index contributed by atoms with van der Waals surface area (Å²) in [6.45, 7) is 0.538. The summed E-state index contributed by atoms with van der Waals surface area (Å²) in [4.78, 5) is 19.0. The Hall–Kier alpha value is -1.89. The molecule has 1 saturated carbocycles. The van der Waals surface area contributed by atoms with E-state index in [0.717, 1.165) is 24.2 Å². The number of pyridine rings is 1. The van der Waals surface area contributed by atoms with Crippen LogP contribution in [0.5, 0.6) is 0 Å². The first kappa shape index (κ1) is 17.5. The zero-order valence-electron chi connectivity index (χ0n) is 14.6. The minimum absolute atomic E-state index is 0.0795. The van der Waals surface area contributed by atoms with E-state index in [4.69, 9.17) is 5.73 Å². The van der Waals surface area contributed by atoms with Gasteiger partial charge in [-0.2, -0.15) is 0 Å². The summed E-state index contributed by atoms with van der Waals surface area (Å²) in [5.41, 5.74) is 13.1. The average Bonchev–Trinajstić information content (AvgIpc) is 2.69. The molecule has 4 atom stereocenters. The molecule has 2 heterocycles. The number of hydrazine groups is 1. The van der Waals surface area contributed by atoms with Gasteiger partial charge in [-0.15, -0.1) is 0 Å². The summed E-state index contributed by atoms with van der Waals surface area (Å²) in [6, 6.07) is 12.8. The van der Waals surface area contributed by atoms with E-state index in [1.807, 2.05) is 18.5 Å². The summed E-state index contributed by atoms with van der Waals surface area (Å²) >= 11 is 1.74. The average molecular weight is 369 g/mol. The van der Waals surface area contributed by atoms with Crippen LogP contribution in [0, 0.1) is 11.8 Å². The normalized spacial score (nSPS) is 28.3. The molecular formula is C20H24N4OS. The van der Waals surface area contributed by atoms with Gasteiger partial charge < -0.3 is 5.73 Å². The minimum Gasteiger partial charge on any atom is -0.329 e. The Morgan fingerprint density at radius 3 is 2.81 bits per heavy atom. The zero-order chi connectivity index (χ0) is 17.9. The van der Waals surface area contributed by atoms with Crippen LogP contribution in [0.3, 0.4) is 0 Å². The third-order valence-electron chi connectivity index (χ3n) is 5.57. The predicted octanol–water partition coefficient (Wildman–Crippen LogP) is 2.69. The highest BCUT2D eigenvalue weighted by Gasteiger charge is 2.42. The van der Waals surface area contributed by atoms with Gasteiger partial charge in [0, 0.05) is 40.7 Å². The van der Waals surface area contributed by atoms with Crippen molar-refractivity contribution >= 4 is 17.7 Å². The van der Waals surface area contributed by atoms with E-state index in [2.05, 4.69) is 46.2 Å². The van der Waals surface area contributed by atoms with Gasteiger partial charge in [-0.1, -0.05) is 30.0 Å². The van der Waals surface area contributed by atoms with Gasteiger partial charge in [-0.25, -0.2) is 5.43 Å². The van der Waals surface area contributed by atoms with Crippen LogP contribution in [-0.4, -0.2) is 23.5 Å². The van der Waals surface area contributed by atoms with Gasteiger partial charge in [0.1, 0.15) is 0 Å². The fraction of sp³-hybridized carbons (Fsp3) is 0.400. The zero-order valence-corrected chi connectivity index (χ0v) is 15.4. The Labute approximate surface area is 158 Å². The molecule has 1 amide bonds. The molecule has 6 heteroatoms. The summed E-state index contributed by atoms with van der Waals surface area (Å²) in [6.07, 6.45) is 6.81. The maximum absolute atomic E-state index is 12.2. The van der Waals surface area contributed by atoms with Crippen LogP contribution in [0.4, 0.5) is 0 Å². The predicted molar refractivity (Wildman–Crippen MR) is 102 cm³/mol. The van der Waals surface area contributed by atoms with E-state index in [1.54, 1.807) is 11.8 Å². The molecule has 5 nitrogen and oxygen atoms in total. The second-order valence-corrected chi connectivity index (χ2v) is 8.27. The van der Waals surface area contributed by atoms with Crippen molar-refractivity contribution < 1.29 is 4.79 Å². The largest absolute Gasteiger partial charge is 0.329 e. The SMILES string of the molecule is NCC1NNC(=O)C2CCC(c3cncc(Sc4ccccc4)c3)CC12. The fourth-order valence-electron chi connectivity index (χ4n) is 4.22. The molecular weight excluding hydrogens is 344 g/mol. The van der Waals surface area contributed by atoms with Crippen LogP contribution < -0.4 is 16.6 Å². The van der Waals surface area contributed by atoms with Crippen LogP contribution in [0.1, 0.15) is 30.7 Å². The van der Waals surface area contributed by atoms with E-state index in [1.165, 1.54) is 10.5 Å². The minimum atomic E-state index is 0.0795. The standard InChI is InChI=1S/C20H24N4OS/c21-10-19-18-9-13(6-7-17(18)20(25)24-23-19)14-8-16(12-22-11-14)26-15-4-2-1-3-5-15/h1-5,8,11-13,17-19,23H,6-7,9-10,21H2,(H,24,25). The first-order chi connectivity index (χ1) is 12.7.